The fraction of sp³-hybridized carbons (Fsp3) is 1.00. The van der Waals surface area contributed by atoms with Crippen LogP contribution in [0.3, 0.4) is 0 Å². The molecule has 0 aromatic carbocycles. The largest absolute Gasteiger partial charge is 0.295 e. The molecule has 1 heterocycles. The molecule has 0 aromatic heterocycles. The Hall–Kier alpha value is -0.180. The van der Waals surface area contributed by atoms with Crippen molar-refractivity contribution in [2.24, 2.45) is 5.92 Å². The van der Waals surface area contributed by atoms with Gasteiger partial charge in [0.05, 0.1) is 6.04 Å². The number of hydrogen-bond donors (Lipinski definition) is 0. The van der Waals surface area contributed by atoms with Gasteiger partial charge >= 0.3 is 0 Å². The van der Waals surface area contributed by atoms with Crippen molar-refractivity contribution in [2.75, 3.05) is 26.4 Å². The van der Waals surface area contributed by atoms with E-state index < -0.39 is 19.4 Å². The number of likely N-dealkylation sites (tertiary alicyclic amines) is 1. The molecule has 0 N–H and O–H groups in total. The molecule has 0 amide bonds. The van der Waals surface area contributed by atoms with Crippen molar-refractivity contribution >= 4 is 0 Å². The molecule has 3 heteroatoms. The average molecular weight is 191 g/mol. The highest BCUT2D eigenvalue weighted by atomic mass is 19.1. The Morgan fingerprint density at radius 1 is 1.23 bits per heavy atom. The zero-order valence-electron chi connectivity index (χ0n) is 8.31. The lowest BCUT2D eigenvalue weighted by atomic mass is 9.94. The lowest BCUT2D eigenvalue weighted by Crippen LogP contribution is -2.43. The molecule has 0 bridgehead atoms. The summed E-state index contributed by atoms with van der Waals surface area (Å²) in [4.78, 5) is 1.95. The molecule has 13 heavy (non-hydrogen) atoms. The highest BCUT2D eigenvalue weighted by Crippen LogP contribution is 2.21. The summed E-state index contributed by atoms with van der Waals surface area (Å²) in [5.41, 5.74) is 0. The molecule has 0 atom stereocenters. The second-order valence-electron chi connectivity index (χ2n) is 3.85. The molecule has 0 aliphatic carbocycles. The Morgan fingerprint density at radius 2 is 1.77 bits per heavy atom. The first-order valence-electron chi connectivity index (χ1n) is 5.17. The number of rotatable bonds is 4. The van der Waals surface area contributed by atoms with Gasteiger partial charge in [-0.1, -0.05) is 13.3 Å². The number of halogens is 2. The summed E-state index contributed by atoms with van der Waals surface area (Å²) in [5.74, 6) is 0.774. The third-order valence-electron chi connectivity index (χ3n) is 3.10. The summed E-state index contributed by atoms with van der Waals surface area (Å²) in [7, 11) is 0. The minimum Gasteiger partial charge on any atom is -0.295 e. The van der Waals surface area contributed by atoms with Gasteiger partial charge in [-0.05, 0) is 31.8 Å². The van der Waals surface area contributed by atoms with Gasteiger partial charge in [0.15, 0.2) is 0 Å². The van der Waals surface area contributed by atoms with Crippen LogP contribution in [0.5, 0.6) is 0 Å². The minimum absolute atomic E-state index is 0.474. The Kier molecular flexibility index (Phi) is 4.64. The molecular weight excluding hydrogens is 172 g/mol. The van der Waals surface area contributed by atoms with Gasteiger partial charge in [0.2, 0.25) is 0 Å². The van der Waals surface area contributed by atoms with E-state index in [1.165, 1.54) is 6.42 Å². The van der Waals surface area contributed by atoms with E-state index in [2.05, 4.69) is 6.92 Å². The van der Waals surface area contributed by atoms with Gasteiger partial charge in [-0.15, -0.1) is 0 Å². The molecule has 1 aliphatic heterocycles. The monoisotopic (exact) mass is 191 g/mol. The van der Waals surface area contributed by atoms with Crippen LogP contribution in [0.2, 0.25) is 0 Å². The van der Waals surface area contributed by atoms with Crippen LogP contribution in [0.4, 0.5) is 8.78 Å². The first-order chi connectivity index (χ1) is 6.31. The van der Waals surface area contributed by atoms with Crippen molar-refractivity contribution < 1.29 is 8.78 Å². The van der Waals surface area contributed by atoms with Gasteiger partial charge in [0.25, 0.3) is 0 Å². The smallest absolute Gasteiger partial charge is 0.107 e. The normalized spacial score (nSPS) is 21.2. The Labute approximate surface area is 79.1 Å². The van der Waals surface area contributed by atoms with Gasteiger partial charge in [-0.25, -0.2) is 8.78 Å². The minimum atomic E-state index is -0.548. The zero-order valence-corrected chi connectivity index (χ0v) is 8.31. The van der Waals surface area contributed by atoms with Gasteiger partial charge < -0.3 is 0 Å². The third-order valence-corrected chi connectivity index (χ3v) is 3.10. The molecule has 78 valence electrons. The molecule has 1 saturated heterocycles. The first-order valence-corrected chi connectivity index (χ1v) is 5.17. The summed E-state index contributed by atoms with van der Waals surface area (Å²) < 4.78 is 24.7. The van der Waals surface area contributed by atoms with Gasteiger partial charge in [-0.2, -0.15) is 0 Å². The van der Waals surface area contributed by atoms with Crippen LogP contribution in [0.15, 0.2) is 0 Å². The van der Waals surface area contributed by atoms with Crippen LogP contribution in [-0.2, 0) is 0 Å². The van der Waals surface area contributed by atoms with E-state index >= 15 is 0 Å². The maximum atomic E-state index is 12.3. The summed E-state index contributed by atoms with van der Waals surface area (Å²) in [5, 5.41) is 0. The molecule has 0 aromatic rings. The van der Waals surface area contributed by atoms with E-state index in [9.17, 15) is 8.78 Å². The second-order valence-corrected chi connectivity index (χ2v) is 3.85. The molecule has 1 aliphatic rings. The third kappa shape index (κ3) is 2.90. The van der Waals surface area contributed by atoms with Crippen molar-refractivity contribution in [3.63, 3.8) is 0 Å². The predicted molar refractivity (Wildman–Crippen MR) is 50.3 cm³/mol. The fourth-order valence-electron chi connectivity index (χ4n) is 1.96. The average Bonchev–Trinajstić information content (AvgIpc) is 2.21. The summed E-state index contributed by atoms with van der Waals surface area (Å²) in [6.45, 7) is 2.83. The highest BCUT2D eigenvalue weighted by Gasteiger charge is 2.23. The van der Waals surface area contributed by atoms with E-state index in [1.807, 2.05) is 4.90 Å². The maximum Gasteiger partial charge on any atom is 0.107 e. The Bertz CT molecular complexity index is 129. The lowest BCUT2D eigenvalue weighted by molar-refractivity contribution is 0.0950. The Balaban J connectivity index is 2.30. The van der Waals surface area contributed by atoms with Crippen LogP contribution in [0.25, 0.3) is 0 Å². The van der Waals surface area contributed by atoms with Gasteiger partial charge in [-0.3, -0.25) is 4.90 Å². The number of piperidine rings is 1. The van der Waals surface area contributed by atoms with Crippen molar-refractivity contribution in [2.45, 2.75) is 32.2 Å². The van der Waals surface area contributed by atoms with Crippen LogP contribution < -0.4 is 0 Å². The van der Waals surface area contributed by atoms with Gasteiger partial charge in [0, 0.05) is 0 Å². The lowest BCUT2D eigenvalue weighted by Gasteiger charge is -2.34. The summed E-state index contributed by atoms with van der Waals surface area (Å²) in [6, 6.07) is -0.474. The van der Waals surface area contributed by atoms with E-state index in [-0.39, 0.29) is 0 Å². The molecule has 0 radical (unpaired) electrons. The number of nitrogens with zero attached hydrogens (tertiary/aromatic N) is 1. The topological polar surface area (TPSA) is 3.24 Å². The summed E-state index contributed by atoms with van der Waals surface area (Å²) >= 11 is 0. The van der Waals surface area contributed by atoms with E-state index in [1.54, 1.807) is 0 Å². The predicted octanol–water partition coefficient (Wildman–Crippen LogP) is 2.42. The number of hydrogen-bond acceptors (Lipinski definition) is 1. The van der Waals surface area contributed by atoms with E-state index in [4.69, 9.17) is 0 Å². The summed E-state index contributed by atoms with van der Waals surface area (Å²) in [6.07, 6.45) is 3.41. The second kappa shape index (κ2) is 5.53. The first kappa shape index (κ1) is 10.9. The van der Waals surface area contributed by atoms with Gasteiger partial charge in [0.1, 0.15) is 13.3 Å². The van der Waals surface area contributed by atoms with E-state index in [0.717, 1.165) is 31.8 Å². The van der Waals surface area contributed by atoms with Crippen LogP contribution in [-0.4, -0.2) is 37.4 Å². The Morgan fingerprint density at radius 3 is 2.15 bits per heavy atom. The molecule has 0 spiro atoms. The van der Waals surface area contributed by atoms with Crippen LogP contribution >= 0.6 is 0 Å². The van der Waals surface area contributed by atoms with E-state index in [0.29, 0.717) is 0 Å². The molecule has 1 nitrogen and oxygen atoms in total. The van der Waals surface area contributed by atoms with Crippen molar-refractivity contribution in [3.8, 4) is 0 Å². The molecule has 0 saturated carbocycles. The van der Waals surface area contributed by atoms with Crippen molar-refractivity contribution in [3.05, 3.63) is 0 Å². The highest BCUT2D eigenvalue weighted by molar-refractivity contribution is 4.77. The zero-order chi connectivity index (χ0) is 9.68. The van der Waals surface area contributed by atoms with Crippen LogP contribution in [0.1, 0.15) is 26.2 Å². The molecule has 1 rings (SSSR count). The molecular formula is C10H19F2N. The maximum absolute atomic E-state index is 12.3. The fourth-order valence-corrected chi connectivity index (χ4v) is 1.96. The van der Waals surface area contributed by atoms with Crippen LogP contribution in [0, 0.1) is 5.92 Å². The van der Waals surface area contributed by atoms with Crippen molar-refractivity contribution in [1.82, 2.24) is 4.90 Å². The standard InChI is InChI=1S/C10H19F2N/c1-2-9-3-5-13(6-4-9)10(7-11)8-12/h9-10H,2-8H2,1H3. The quantitative estimate of drug-likeness (QED) is 0.659. The van der Waals surface area contributed by atoms with Crippen molar-refractivity contribution in [1.29, 1.82) is 0 Å². The molecule has 1 fully saturated rings. The number of alkyl halides is 2. The molecule has 0 unspecified atom stereocenters. The SMILES string of the molecule is CCC1CCN(C(CF)CF)CC1.